The fourth-order valence-electron chi connectivity index (χ4n) is 5.20. The summed E-state index contributed by atoms with van der Waals surface area (Å²) in [6.07, 6.45) is 5.48. The average molecular weight is 463 g/mol. The van der Waals surface area contributed by atoms with Crippen LogP contribution in [0.2, 0.25) is 0 Å². The highest BCUT2D eigenvalue weighted by atomic mass is 32.1. The molecule has 172 valence electrons. The lowest BCUT2D eigenvalue weighted by atomic mass is 9.90. The van der Waals surface area contributed by atoms with Gasteiger partial charge in [0.05, 0.1) is 11.4 Å². The molecular weight excluding hydrogens is 432 g/mol. The second-order valence-electron chi connectivity index (χ2n) is 9.62. The van der Waals surface area contributed by atoms with Crippen LogP contribution in [0, 0.1) is 13.8 Å². The molecule has 1 fully saturated rings. The number of aryl methyl sites for hydroxylation is 2. The first-order valence-corrected chi connectivity index (χ1v) is 12.6. The van der Waals surface area contributed by atoms with E-state index in [1.165, 1.54) is 6.42 Å². The fraction of sp³-hybridized carbons (Fsp3) is 0.423. The standard InChI is InChI=1S/C26H30N4O2S/c1-17-12-18(2)14-20(13-17)30-24(31)22-15-21(23-10-7-11-33-23)28-29(22)16-26(30,3)25(32)27-19-8-5-4-6-9-19/h7,10-15,19H,4-6,8-9,16H2,1-3H3,(H,27,32). The van der Waals surface area contributed by atoms with Crippen LogP contribution in [0.15, 0.2) is 41.8 Å². The lowest BCUT2D eigenvalue weighted by Gasteiger charge is -2.44. The van der Waals surface area contributed by atoms with Crippen molar-refractivity contribution in [1.29, 1.82) is 0 Å². The maximum atomic E-state index is 13.9. The number of aromatic nitrogens is 2. The number of thiophene rings is 1. The summed E-state index contributed by atoms with van der Waals surface area (Å²) in [6.45, 7) is 6.22. The van der Waals surface area contributed by atoms with Crippen LogP contribution >= 0.6 is 11.3 Å². The Morgan fingerprint density at radius 2 is 1.85 bits per heavy atom. The van der Waals surface area contributed by atoms with Crippen LogP contribution in [0.1, 0.15) is 60.6 Å². The van der Waals surface area contributed by atoms with Gasteiger partial charge in [-0.1, -0.05) is 31.4 Å². The van der Waals surface area contributed by atoms with Gasteiger partial charge in [0.1, 0.15) is 16.9 Å². The van der Waals surface area contributed by atoms with E-state index in [4.69, 9.17) is 5.10 Å². The molecule has 1 aliphatic carbocycles. The molecule has 3 heterocycles. The Bertz CT molecular complexity index is 1170. The third-order valence-electron chi connectivity index (χ3n) is 6.82. The maximum absolute atomic E-state index is 13.9. The minimum Gasteiger partial charge on any atom is -0.351 e. The molecule has 1 saturated carbocycles. The Kier molecular flexibility index (Phi) is 5.60. The number of rotatable bonds is 4. The topological polar surface area (TPSA) is 67.2 Å². The molecule has 2 aromatic heterocycles. The highest BCUT2D eigenvalue weighted by Crippen LogP contribution is 2.36. The zero-order valence-corrected chi connectivity index (χ0v) is 20.2. The van der Waals surface area contributed by atoms with Crippen molar-refractivity contribution in [3.63, 3.8) is 0 Å². The average Bonchev–Trinajstić information content (AvgIpc) is 3.43. The lowest BCUT2D eigenvalue weighted by Crippen LogP contribution is -2.65. The number of amides is 2. The van der Waals surface area contributed by atoms with Crippen LogP contribution in [0.5, 0.6) is 0 Å². The normalized spacial score (nSPS) is 21.2. The van der Waals surface area contributed by atoms with Gasteiger partial charge in [-0.2, -0.15) is 5.10 Å². The molecule has 6 nitrogen and oxygen atoms in total. The third kappa shape index (κ3) is 3.99. The third-order valence-corrected chi connectivity index (χ3v) is 7.71. The van der Waals surface area contributed by atoms with E-state index in [1.54, 1.807) is 20.9 Å². The van der Waals surface area contributed by atoms with Gasteiger partial charge in [0, 0.05) is 11.7 Å². The second kappa shape index (κ2) is 8.45. The number of hydrogen-bond acceptors (Lipinski definition) is 4. The summed E-state index contributed by atoms with van der Waals surface area (Å²) in [5.41, 5.74) is 3.08. The monoisotopic (exact) mass is 462 g/mol. The van der Waals surface area contributed by atoms with Crippen LogP contribution in [-0.4, -0.2) is 33.2 Å². The number of carbonyl (C=O) groups is 2. The van der Waals surface area contributed by atoms with Gasteiger partial charge in [0.2, 0.25) is 5.91 Å². The summed E-state index contributed by atoms with van der Waals surface area (Å²) in [6, 6.07) is 12.1. The summed E-state index contributed by atoms with van der Waals surface area (Å²) >= 11 is 1.59. The first-order valence-electron chi connectivity index (χ1n) is 11.7. The number of hydrogen-bond donors (Lipinski definition) is 1. The van der Waals surface area contributed by atoms with Crippen molar-refractivity contribution in [3.05, 3.63) is 58.6 Å². The van der Waals surface area contributed by atoms with Crippen molar-refractivity contribution >= 4 is 28.8 Å². The fourth-order valence-corrected chi connectivity index (χ4v) is 5.88. The van der Waals surface area contributed by atoms with Crippen molar-refractivity contribution in [1.82, 2.24) is 15.1 Å². The van der Waals surface area contributed by atoms with Crippen molar-refractivity contribution in [2.75, 3.05) is 4.90 Å². The summed E-state index contributed by atoms with van der Waals surface area (Å²) < 4.78 is 1.72. The highest BCUT2D eigenvalue weighted by Gasteiger charge is 2.49. The lowest BCUT2D eigenvalue weighted by molar-refractivity contribution is -0.127. The number of nitrogens with zero attached hydrogens (tertiary/aromatic N) is 3. The van der Waals surface area contributed by atoms with E-state index in [2.05, 4.69) is 11.4 Å². The SMILES string of the molecule is Cc1cc(C)cc(N2C(=O)c3cc(-c4cccs4)nn3CC2(C)C(=O)NC2CCCCC2)c1. The predicted octanol–water partition coefficient (Wildman–Crippen LogP) is 5.10. The van der Waals surface area contributed by atoms with Gasteiger partial charge < -0.3 is 5.32 Å². The van der Waals surface area contributed by atoms with E-state index >= 15 is 0 Å². The van der Waals surface area contributed by atoms with Crippen molar-refractivity contribution in [2.24, 2.45) is 0 Å². The van der Waals surface area contributed by atoms with Crippen LogP contribution in [0.25, 0.3) is 10.6 Å². The maximum Gasteiger partial charge on any atom is 0.277 e. The number of benzene rings is 1. The Balaban J connectivity index is 1.58. The minimum atomic E-state index is -1.08. The first-order chi connectivity index (χ1) is 15.8. The van der Waals surface area contributed by atoms with E-state index in [9.17, 15) is 9.59 Å². The number of nitrogens with one attached hydrogen (secondary N) is 1. The molecule has 1 aromatic carbocycles. The van der Waals surface area contributed by atoms with Crippen molar-refractivity contribution in [2.45, 2.75) is 71.0 Å². The van der Waals surface area contributed by atoms with Gasteiger partial charge in [-0.25, -0.2) is 0 Å². The Hall–Kier alpha value is -2.93. The number of carbonyl (C=O) groups excluding carboxylic acids is 2. The summed E-state index contributed by atoms with van der Waals surface area (Å²) in [5, 5.41) is 10.0. The van der Waals surface area contributed by atoms with Gasteiger partial charge in [0.15, 0.2) is 0 Å². The molecular formula is C26H30N4O2S. The van der Waals surface area contributed by atoms with Gasteiger partial charge >= 0.3 is 0 Å². The molecule has 3 aromatic rings. The molecule has 0 saturated heterocycles. The van der Waals surface area contributed by atoms with Gasteiger partial charge in [-0.15, -0.1) is 11.3 Å². The molecule has 0 radical (unpaired) electrons. The Morgan fingerprint density at radius 3 is 2.52 bits per heavy atom. The molecule has 0 bridgehead atoms. The Labute approximate surface area is 198 Å². The van der Waals surface area contributed by atoms with Gasteiger partial charge in [0.25, 0.3) is 5.91 Å². The molecule has 1 N–H and O–H groups in total. The largest absolute Gasteiger partial charge is 0.351 e. The van der Waals surface area contributed by atoms with E-state index in [0.29, 0.717) is 12.2 Å². The Morgan fingerprint density at radius 1 is 1.12 bits per heavy atom. The summed E-state index contributed by atoms with van der Waals surface area (Å²) in [4.78, 5) is 30.4. The number of fused-ring (bicyclic) bond motifs is 1. The molecule has 0 spiro atoms. The molecule has 5 rings (SSSR count). The van der Waals surface area contributed by atoms with Crippen LogP contribution in [-0.2, 0) is 11.3 Å². The zero-order valence-electron chi connectivity index (χ0n) is 19.4. The number of anilines is 1. The van der Waals surface area contributed by atoms with E-state index in [0.717, 1.165) is 53.1 Å². The first kappa shape index (κ1) is 21.9. The van der Waals surface area contributed by atoms with Crippen LogP contribution in [0.3, 0.4) is 0 Å². The van der Waals surface area contributed by atoms with E-state index in [-0.39, 0.29) is 17.9 Å². The molecule has 7 heteroatoms. The highest BCUT2D eigenvalue weighted by molar-refractivity contribution is 7.13. The smallest absolute Gasteiger partial charge is 0.277 e. The molecule has 33 heavy (non-hydrogen) atoms. The molecule has 2 aliphatic rings. The quantitative estimate of drug-likeness (QED) is 0.587. The predicted molar refractivity (Wildman–Crippen MR) is 132 cm³/mol. The van der Waals surface area contributed by atoms with E-state index in [1.807, 2.05) is 56.5 Å². The van der Waals surface area contributed by atoms with Crippen LogP contribution in [0.4, 0.5) is 5.69 Å². The molecule has 1 aliphatic heterocycles. The second-order valence-corrected chi connectivity index (χ2v) is 10.6. The molecule has 2 amide bonds. The summed E-state index contributed by atoms with van der Waals surface area (Å²) in [5.74, 6) is -0.302. The molecule has 1 atom stereocenters. The van der Waals surface area contributed by atoms with Gasteiger partial charge in [-0.3, -0.25) is 19.2 Å². The van der Waals surface area contributed by atoms with E-state index < -0.39 is 5.54 Å². The van der Waals surface area contributed by atoms with Crippen molar-refractivity contribution in [3.8, 4) is 10.6 Å². The van der Waals surface area contributed by atoms with Crippen molar-refractivity contribution < 1.29 is 9.59 Å². The van der Waals surface area contributed by atoms with Crippen LogP contribution < -0.4 is 10.2 Å². The summed E-state index contributed by atoms with van der Waals surface area (Å²) in [7, 11) is 0. The van der Waals surface area contributed by atoms with Gasteiger partial charge in [-0.05, 0) is 74.4 Å². The molecule has 1 unspecified atom stereocenters. The zero-order chi connectivity index (χ0) is 23.2. The minimum absolute atomic E-state index is 0.110.